The number of carbonyl (C=O) groups is 2. The fourth-order valence-electron chi connectivity index (χ4n) is 5.80. The van der Waals surface area contributed by atoms with Gasteiger partial charge in [-0.1, -0.05) is 26.7 Å². The van der Waals surface area contributed by atoms with Crippen molar-refractivity contribution < 1.29 is 33.3 Å². The highest BCUT2D eigenvalue weighted by Crippen LogP contribution is 2.34. The van der Waals surface area contributed by atoms with E-state index in [0.29, 0.717) is 92.4 Å². The van der Waals surface area contributed by atoms with Gasteiger partial charge in [0.2, 0.25) is 0 Å². The second-order valence-electron chi connectivity index (χ2n) is 11.8. The summed E-state index contributed by atoms with van der Waals surface area (Å²) in [6, 6.07) is 17.3. The topological polar surface area (TPSA) is 101 Å². The van der Waals surface area contributed by atoms with Gasteiger partial charge in [-0.3, -0.25) is 4.79 Å². The molecule has 2 heterocycles. The molecule has 2 N–H and O–H groups in total. The Morgan fingerprint density at radius 2 is 1.40 bits per heavy atom. The molecule has 0 aromatic heterocycles. The first kappa shape index (κ1) is 32.2. The third-order valence-electron chi connectivity index (χ3n) is 8.62. The van der Waals surface area contributed by atoms with Crippen molar-refractivity contribution in [1.29, 1.82) is 0 Å². The van der Waals surface area contributed by atoms with E-state index in [4.69, 9.17) is 14.2 Å². The SMILES string of the molecule is CCC(CC)CC1(O)CCN(C(=O)Nc2cc(Oc3ccc(F)cc3)cc(Oc3ccc(C(=O)N4CCOCC4)cc3)c2)CC1. The molecular weight excluding hydrogens is 577 g/mol. The minimum absolute atomic E-state index is 0.0590. The largest absolute Gasteiger partial charge is 0.457 e. The van der Waals surface area contributed by atoms with E-state index in [9.17, 15) is 19.1 Å². The number of anilines is 1. The van der Waals surface area contributed by atoms with E-state index in [2.05, 4.69) is 19.2 Å². The molecule has 2 aliphatic rings. The summed E-state index contributed by atoms with van der Waals surface area (Å²) in [4.78, 5) is 29.6. The van der Waals surface area contributed by atoms with Crippen LogP contribution in [0, 0.1) is 11.7 Å². The molecule has 2 saturated heterocycles. The van der Waals surface area contributed by atoms with Gasteiger partial charge < -0.3 is 34.4 Å². The van der Waals surface area contributed by atoms with Gasteiger partial charge >= 0.3 is 6.03 Å². The fraction of sp³-hybridized carbons (Fsp3) is 0.429. The van der Waals surface area contributed by atoms with E-state index < -0.39 is 5.60 Å². The summed E-state index contributed by atoms with van der Waals surface area (Å²) >= 11 is 0. The molecule has 5 rings (SSSR count). The zero-order valence-electron chi connectivity index (χ0n) is 26.0. The highest BCUT2D eigenvalue weighted by atomic mass is 19.1. The summed E-state index contributed by atoms with van der Waals surface area (Å²) in [7, 11) is 0. The number of ether oxygens (including phenoxy) is 3. The molecule has 2 aliphatic heterocycles. The van der Waals surface area contributed by atoms with Crippen molar-refractivity contribution in [2.45, 2.75) is 51.6 Å². The number of nitrogens with zero attached hydrogens (tertiary/aromatic N) is 2. The lowest BCUT2D eigenvalue weighted by Gasteiger charge is -2.39. The van der Waals surface area contributed by atoms with Crippen LogP contribution in [-0.2, 0) is 4.74 Å². The lowest BCUT2D eigenvalue weighted by Crippen LogP contribution is -2.48. The summed E-state index contributed by atoms with van der Waals surface area (Å²) in [6.07, 6.45) is 3.87. The Kier molecular flexibility index (Phi) is 10.6. The van der Waals surface area contributed by atoms with Crippen LogP contribution < -0.4 is 14.8 Å². The number of hydrogen-bond donors (Lipinski definition) is 2. The van der Waals surface area contributed by atoms with Crippen molar-refractivity contribution >= 4 is 17.6 Å². The van der Waals surface area contributed by atoms with Crippen molar-refractivity contribution in [2.75, 3.05) is 44.7 Å². The molecule has 0 spiro atoms. The Bertz CT molecular complexity index is 1430. The fourth-order valence-corrected chi connectivity index (χ4v) is 5.80. The summed E-state index contributed by atoms with van der Waals surface area (Å²) in [5.74, 6) is 1.73. The van der Waals surface area contributed by atoms with Gasteiger partial charge in [-0.25, -0.2) is 9.18 Å². The minimum atomic E-state index is -0.750. The standard InChI is InChI=1S/C35H42FN3O6/c1-3-25(4-2)24-35(42)13-15-39(16-14-35)34(41)37-28-21-31(23-32(22-28)45-30-11-7-27(36)8-12-30)44-29-9-5-26(6-10-29)33(40)38-17-19-43-20-18-38/h5-12,21-23,25,42H,3-4,13-20,24H2,1-2H3,(H,37,41). The maximum Gasteiger partial charge on any atom is 0.321 e. The van der Waals surface area contributed by atoms with Crippen LogP contribution in [0.3, 0.4) is 0 Å². The van der Waals surface area contributed by atoms with Gasteiger partial charge in [-0.15, -0.1) is 0 Å². The second kappa shape index (κ2) is 14.8. The number of benzene rings is 3. The Labute approximate surface area is 263 Å². The molecule has 10 heteroatoms. The number of morpholine rings is 1. The highest BCUT2D eigenvalue weighted by molar-refractivity contribution is 5.94. The molecule has 0 radical (unpaired) electrons. The molecule has 0 aliphatic carbocycles. The first-order chi connectivity index (χ1) is 21.7. The van der Waals surface area contributed by atoms with Gasteiger partial charge in [0.15, 0.2) is 0 Å². The van der Waals surface area contributed by atoms with Gasteiger partial charge in [0.25, 0.3) is 5.91 Å². The number of piperidine rings is 1. The van der Waals surface area contributed by atoms with Crippen LogP contribution in [0.5, 0.6) is 23.0 Å². The van der Waals surface area contributed by atoms with E-state index in [1.165, 1.54) is 24.3 Å². The summed E-state index contributed by atoms with van der Waals surface area (Å²) in [5, 5.41) is 14.1. The van der Waals surface area contributed by atoms with Crippen LogP contribution in [0.2, 0.25) is 0 Å². The van der Waals surface area contributed by atoms with Crippen LogP contribution in [0.4, 0.5) is 14.9 Å². The molecule has 2 fully saturated rings. The minimum Gasteiger partial charge on any atom is -0.457 e. The van der Waals surface area contributed by atoms with Crippen LogP contribution >= 0.6 is 0 Å². The maximum atomic E-state index is 13.5. The van der Waals surface area contributed by atoms with Gasteiger partial charge in [0.1, 0.15) is 28.8 Å². The second-order valence-corrected chi connectivity index (χ2v) is 11.8. The third kappa shape index (κ3) is 8.73. The van der Waals surface area contributed by atoms with Gasteiger partial charge in [-0.2, -0.15) is 0 Å². The van der Waals surface area contributed by atoms with Crippen LogP contribution in [0.1, 0.15) is 56.3 Å². The predicted octanol–water partition coefficient (Wildman–Crippen LogP) is 7.07. The average Bonchev–Trinajstić information content (AvgIpc) is 3.05. The van der Waals surface area contributed by atoms with Crippen LogP contribution in [0.25, 0.3) is 0 Å². The molecule has 0 saturated carbocycles. The molecule has 45 heavy (non-hydrogen) atoms. The summed E-state index contributed by atoms with van der Waals surface area (Å²) in [5.41, 5.74) is 0.255. The Hall–Kier alpha value is -4.15. The monoisotopic (exact) mass is 619 g/mol. The number of rotatable bonds is 10. The highest BCUT2D eigenvalue weighted by Gasteiger charge is 2.35. The third-order valence-corrected chi connectivity index (χ3v) is 8.62. The Balaban J connectivity index is 1.29. The Morgan fingerprint density at radius 3 is 1.96 bits per heavy atom. The van der Waals surface area contributed by atoms with Gasteiger partial charge in [-0.05, 0) is 73.7 Å². The quantitative estimate of drug-likeness (QED) is 0.252. The van der Waals surface area contributed by atoms with E-state index in [1.807, 2.05) is 0 Å². The number of carbonyl (C=O) groups excluding carboxylic acids is 2. The normalized spacial score (nSPS) is 16.4. The molecule has 0 atom stereocenters. The number of hydrogen-bond acceptors (Lipinski definition) is 6. The van der Waals surface area contributed by atoms with Gasteiger partial charge in [0, 0.05) is 55.6 Å². The van der Waals surface area contributed by atoms with Crippen molar-refractivity contribution in [3.63, 3.8) is 0 Å². The molecule has 3 aromatic carbocycles. The van der Waals surface area contributed by atoms with E-state index in [0.717, 1.165) is 19.3 Å². The number of likely N-dealkylation sites (tertiary alicyclic amines) is 1. The van der Waals surface area contributed by atoms with Crippen LogP contribution in [0.15, 0.2) is 66.7 Å². The Morgan fingerprint density at radius 1 is 0.844 bits per heavy atom. The molecule has 0 unspecified atom stereocenters. The summed E-state index contributed by atoms with van der Waals surface area (Å²) in [6.45, 7) is 7.37. The first-order valence-corrected chi connectivity index (χ1v) is 15.8. The maximum absolute atomic E-state index is 13.5. The molecule has 9 nitrogen and oxygen atoms in total. The van der Waals surface area contributed by atoms with E-state index >= 15 is 0 Å². The molecular formula is C35H42FN3O6. The number of nitrogens with one attached hydrogen (secondary N) is 1. The smallest absolute Gasteiger partial charge is 0.321 e. The first-order valence-electron chi connectivity index (χ1n) is 15.8. The van der Waals surface area contributed by atoms with Crippen molar-refractivity contribution in [2.24, 2.45) is 5.92 Å². The molecule has 3 amide bonds. The van der Waals surface area contributed by atoms with Crippen molar-refractivity contribution in [3.05, 3.63) is 78.1 Å². The molecule has 240 valence electrons. The number of amides is 3. The van der Waals surface area contributed by atoms with E-state index in [1.54, 1.807) is 52.3 Å². The average molecular weight is 620 g/mol. The lowest BCUT2D eigenvalue weighted by molar-refractivity contribution is -0.0309. The van der Waals surface area contributed by atoms with Crippen molar-refractivity contribution in [1.82, 2.24) is 9.80 Å². The van der Waals surface area contributed by atoms with Crippen molar-refractivity contribution in [3.8, 4) is 23.0 Å². The molecule has 3 aromatic rings. The van der Waals surface area contributed by atoms with Gasteiger partial charge in [0.05, 0.1) is 18.8 Å². The predicted molar refractivity (Wildman–Crippen MR) is 170 cm³/mol. The number of halogens is 1. The number of urea groups is 1. The van der Waals surface area contributed by atoms with Crippen LogP contribution in [-0.4, -0.2) is 71.8 Å². The zero-order valence-corrected chi connectivity index (χ0v) is 26.0. The number of aliphatic hydroxyl groups is 1. The zero-order chi connectivity index (χ0) is 31.8. The summed E-state index contributed by atoms with van der Waals surface area (Å²) < 4.78 is 30.9. The van der Waals surface area contributed by atoms with E-state index in [-0.39, 0.29) is 17.8 Å². The molecule has 0 bridgehead atoms. The lowest BCUT2D eigenvalue weighted by atomic mass is 9.81.